The van der Waals surface area contributed by atoms with Crippen LogP contribution in [0.15, 0.2) is 65.3 Å². The molecule has 2 N–H and O–H groups in total. The highest BCUT2D eigenvalue weighted by Gasteiger charge is 2.28. The molecule has 1 fully saturated rings. The molecule has 2 aliphatic rings. The Morgan fingerprint density at radius 3 is 2.41 bits per heavy atom. The van der Waals surface area contributed by atoms with E-state index in [1.165, 1.54) is 0 Å². The van der Waals surface area contributed by atoms with Crippen LogP contribution >= 0.6 is 0 Å². The first-order chi connectivity index (χ1) is 18.1. The quantitative estimate of drug-likeness (QED) is 0.472. The fourth-order valence-electron chi connectivity index (χ4n) is 4.55. The number of benzene rings is 2. The smallest absolute Gasteiger partial charge is 0.313 e. The summed E-state index contributed by atoms with van der Waals surface area (Å²) in [6, 6.07) is 16.6. The van der Waals surface area contributed by atoms with Crippen LogP contribution in [0.2, 0.25) is 0 Å². The number of ether oxygens (including phenoxy) is 3. The van der Waals surface area contributed by atoms with E-state index in [4.69, 9.17) is 18.6 Å². The molecular formula is C27H30N4O6. The number of nitrogens with one attached hydrogen (secondary N) is 2. The van der Waals surface area contributed by atoms with Gasteiger partial charge in [0.25, 0.3) is 0 Å². The maximum absolute atomic E-state index is 12.6. The molecule has 0 radical (unpaired) electrons. The number of nitrogens with zero attached hydrogens (tertiary/aromatic N) is 2. The van der Waals surface area contributed by atoms with Gasteiger partial charge in [0, 0.05) is 50.2 Å². The largest absolute Gasteiger partial charge is 0.497 e. The number of furan rings is 1. The number of anilines is 2. The van der Waals surface area contributed by atoms with Crippen molar-refractivity contribution in [1.82, 2.24) is 10.2 Å². The first kappa shape index (κ1) is 24.5. The lowest BCUT2D eigenvalue weighted by Gasteiger charge is -2.39. The maximum Gasteiger partial charge on any atom is 0.313 e. The molecule has 1 atom stereocenters. The average molecular weight is 507 g/mol. The van der Waals surface area contributed by atoms with E-state index < -0.39 is 11.8 Å². The normalized spacial score (nSPS) is 16.1. The van der Waals surface area contributed by atoms with E-state index >= 15 is 0 Å². The van der Waals surface area contributed by atoms with Crippen molar-refractivity contribution in [3.05, 3.63) is 66.6 Å². The van der Waals surface area contributed by atoms with Crippen LogP contribution in [0.3, 0.4) is 0 Å². The Hall–Kier alpha value is -4.18. The minimum atomic E-state index is -0.751. The second kappa shape index (κ2) is 11.3. The lowest BCUT2D eigenvalue weighted by molar-refractivity contribution is -0.136. The average Bonchev–Trinajstić information content (AvgIpc) is 3.48. The van der Waals surface area contributed by atoms with E-state index in [1.807, 2.05) is 24.3 Å². The standard InChI is InChI=1S/C27H30N4O6/c1-34-21-7-5-20(6-8-21)30-10-12-31(13-11-30)22(23-3-2-14-35-23)18-28-26(32)27(33)29-19-4-9-24-25(17-19)37-16-15-36-24/h2-9,14,17,22H,10-13,15-16,18H2,1H3,(H,28,32)(H,29,33). The summed E-state index contributed by atoms with van der Waals surface area (Å²) < 4.78 is 22.0. The van der Waals surface area contributed by atoms with Crippen LogP contribution in [-0.4, -0.2) is 69.8 Å². The molecule has 194 valence electrons. The number of fused-ring (bicyclic) bond motifs is 1. The molecule has 1 unspecified atom stereocenters. The van der Waals surface area contributed by atoms with Crippen LogP contribution < -0.4 is 29.7 Å². The highest BCUT2D eigenvalue weighted by molar-refractivity contribution is 6.39. The molecule has 0 saturated carbocycles. The van der Waals surface area contributed by atoms with E-state index in [9.17, 15) is 9.59 Å². The van der Waals surface area contributed by atoms with E-state index in [0.717, 1.165) is 43.4 Å². The predicted molar refractivity (Wildman–Crippen MR) is 137 cm³/mol. The van der Waals surface area contributed by atoms with Crippen molar-refractivity contribution < 1.29 is 28.2 Å². The van der Waals surface area contributed by atoms with Crippen LogP contribution in [0, 0.1) is 0 Å². The number of carbonyl (C=O) groups is 2. The lowest BCUT2D eigenvalue weighted by atomic mass is 10.1. The summed E-state index contributed by atoms with van der Waals surface area (Å²) in [4.78, 5) is 29.8. The summed E-state index contributed by atoms with van der Waals surface area (Å²) >= 11 is 0. The van der Waals surface area contributed by atoms with Crippen LogP contribution in [0.1, 0.15) is 11.8 Å². The Bertz CT molecular complexity index is 1210. The van der Waals surface area contributed by atoms with Crippen molar-refractivity contribution in [1.29, 1.82) is 0 Å². The van der Waals surface area contributed by atoms with Gasteiger partial charge in [-0.05, 0) is 48.5 Å². The van der Waals surface area contributed by atoms with Gasteiger partial charge >= 0.3 is 11.8 Å². The number of hydrogen-bond acceptors (Lipinski definition) is 8. The number of rotatable bonds is 7. The molecule has 37 heavy (non-hydrogen) atoms. The number of piperazine rings is 1. The van der Waals surface area contributed by atoms with Crippen LogP contribution in [0.25, 0.3) is 0 Å². The van der Waals surface area contributed by atoms with Crippen molar-refractivity contribution in [3.8, 4) is 17.2 Å². The molecule has 5 rings (SSSR count). The maximum atomic E-state index is 12.6. The molecule has 2 aromatic carbocycles. The van der Waals surface area contributed by atoms with Crippen molar-refractivity contribution in [2.24, 2.45) is 0 Å². The van der Waals surface area contributed by atoms with Gasteiger partial charge in [0.15, 0.2) is 11.5 Å². The van der Waals surface area contributed by atoms with Gasteiger partial charge in [0.1, 0.15) is 24.7 Å². The first-order valence-corrected chi connectivity index (χ1v) is 12.3. The third-order valence-corrected chi connectivity index (χ3v) is 6.53. The minimum Gasteiger partial charge on any atom is -0.497 e. The summed E-state index contributed by atoms with van der Waals surface area (Å²) in [5, 5.41) is 5.39. The van der Waals surface area contributed by atoms with Crippen LogP contribution in [0.4, 0.5) is 11.4 Å². The lowest BCUT2D eigenvalue weighted by Crippen LogP contribution is -2.50. The molecule has 10 nitrogen and oxygen atoms in total. The van der Waals surface area contributed by atoms with Crippen molar-refractivity contribution in [2.45, 2.75) is 6.04 Å². The Morgan fingerprint density at radius 2 is 1.70 bits per heavy atom. The van der Waals surface area contributed by atoms with Gasteiger partial charge in [-0.3, -0.25) is 14.5 Å². The molecule has 0 bridgehead atoms. The zero-order valence-corrected chi connectivity index (χ0v) is 20.6. The third kappa shape index (κ3) is 5.80. The molecule has 2 amide bonds. The number of amides is 2. The van der Waals surface area contributed by atoms with Gasteiger partial charge in [0.05, 0.1) is 19.4 Å². The Labute approximate surface area is 215 Å². The van der Waals surface area contributed by atoms with Gasteiger partial charge < -0.3 is 34.2 Å². The molecule has 1 aromatic heterocycles. The highest BCUT2D eigenvalue weighted by Crippen LogP contribution is 2.32. The van der Waals surface area contributed by atoms with Gasteiger partial charge in [-0.15, -0.1) is 0 Å². The van der Waals surface area contributed by atoms with Gasteiger partial charge in [0.2, 0.25) is 0 Å². The van der Waals surface area contributed by atoms with E-state index in [0.29, 0.717) is 30.4 Å². The van der Waals surface area contributed by atoms with E-state index in [2.05, 4.69) is 32.6 Å². The molecule has 0 aliphatic carbocycles. The Morgan fingerprint density at radius 1 is 0.946 bits per heavy atom. The highest BCUT2D eigenvalue weighted by atomic mass is 16.6. The second-order valence-electron chi connectivity index (χ2n) is 8.77. The predicted octanol–water partition coefficient (Wildman–Crippen LogP) is 2.68. The molecule has 0 spiro atoms. The fraction of sp³-hybridized carbons (Fsp3) is 0.333. The molecule has 10 heteroatoms. The third-order valence-electron chi connectivity index (χ3n) is 6.53. The van der Waals surface area contributed by atoms with Gasteiger partial charge in [-0.25, -0.2) is 0 Å². The Kier molecular flexibility index (Phi) is 7.46. The summed E-state index contributed by atoms with van der Waals surface area (Å²) in [6.07, 6.45) is 1.62. The summed E-state index contributed by atoms with van der Waals surface area (Å²) in [5.74, 6) is 1.25. The van der Waals surface area contributed by atoms with Crippen molar-refractivity contribution >= 4 is 23.2 Å². The molecule has 3 heterocycles. The van der Waals surface area contributed by atoms with Crippen LogP contribution in [0.5, 0.6) is 17.2 Å². The summed E-state index contributed by atoms with van der Waals surface area (Å²) in [7, 11) is 1.66. The zero-order valence-electron chi connectivity index (χ0n) is 20.6. The molecule has 3 aromatic rings. The van der Waals surface area contributed by atoms with Gasteiger partial charge in [-0.1, -0.05) is 0 Å². The number of hydrogen-bond donors (Lipinski definition) is 2. The number of carbonyl (C=O) groups excluding carboxylic acids is 2. The minimum absolute atomic E-state index is 0.195. The van der Waals surface area contributed by atoms with Crippen LogP contribution in [-0.2, 0) is 9.59 Å². The second-order valence-corrected chi connectivity index (χ2v) is 8.77. The van der Waals surface area contributed by atoms with Gasteiger partial charge in [-0.2, -0.15) is 0 Å². The monoisotopic (exact) mass is 506 g/mol. The topological polar surface area (TPSA) is 106 Å². The number of methoxy groups -OCH3 is 1. The Balaban J connectivity index is 1.17. The molecule has 2 aliphatic heterocycles. The molecule has 1 saturated heterocycles. The SMILES string of the molecule is COc1ccc(N2CCN(C(CNC(=O)C(=O)Nc3ccc4c(c3)OCCO4)c3ccco3)CC2)cc1. The summed E-state index contributed by atoms with van der Waals surface area (Å²) in [6.45, 7) is 4.35. The van der Waals surface area contributed by atoms with E-state index in [-0.39, 0.29) is 12.6 Å². The van der Waals surface area contributed by atoms with Crippen molar-refractivity contribution in [3.63, 3.8) is 0 Å². The molecular weight excluding hydrogens is 476 g/mol. The first-order valence-electron chi connectivity index (χ1n) is 12.3. The zero-order chi connectivity index (χ0) is 25.6. The fourth-order valence-corrected chi connectivity index (χ4v) is 4.55. The van der Waals surface area contributed by atoms with Crippen molar-refractivity contribution in [2.75, 3.05) is 63.3 Å². The summed E-state index contributed by atoms with van der Waals surface area (Å²) in [5.41, 5.74) is 1.60. The van der Waals surface area contributed by atoms with E-state index in [1.54, 1.807) is 31.6 Å².